The highest BCUT2D eigenvalue weighted by molar-refractivity contribution is 7.87. The van der Waals surface area contributed by atoms with Gasteiger partial charge in [-0.05, 0) is 6.42 Å². The van der Waals surface area contributed by atoms with Gasteiger partial charge in [-0.1, -0.05) is 13.3 Å². The van der Waals surface area contributed by atoms with Gasteiger partial charge in [-0.25, -0.2) is 4.39 Å². The van der Waals surface area contributed by atoms with E-state index in [-0.39, 0.29) is 12.6 Å². The van der Waals surface area contributed by atoms with E-state index < -0.39 is 33.9 Å². The Morgan fingerprint density at radius 2 is 1.62 bits per heavy atom. The summed E-state index contributed by atoms with van der Waals surface area (Å²) in [6.07, 6.45) is -4.43. The molecule has 4 N–H and O–H groups in total. The van der Waals surface area contributed by atoms with Crippen molar-refractivity contribution < 1.29 is 34.9 Å². The van der Waals surface area contributed by atoms with Gasteiger partial charge in [0, 0.05) is 0 Å². The molecule has 0 fully saturated rings. The molecule has 0 aromatic carbocycles. The Balaban J connectivity index is 0. The van der Waals surface area contributed by atoms with Gasteiger partial charge in [-0.2, -0.15) is 26.0 Å². The van der Waals surface area contributed by atoms with Crippen LogP contribution in [0.5, 0.6) is 0 Å². The lowest BCUT2D eigenvalue weighted by Crippen LogP contribution is -2.52. The summed E-state index contributed by atoms with van der Waals surface area (Å²) in [5, 5.41) is -5.82. The van der Waals surface area contributed by atoms with Crippen molar-refractivity contribution in [1.82, 2.24) is 6.15 Å². The lowest BCUT2D eigenvalue weighted by atomic mass is 10.1. The Morgan fingerprint density at radius 1 is 1.25 bits per heavy atom. The van der Waals surface area contributed by atoms with Crippen LogP contribution in [0, 0.1) is 0 Å². The second-order valence-electron chi connectivity index (χ2n) is 2.87. The van der Waals surface area contributed by atoms with E-state index >= 15 is 0 Å². The van der Waals surface area contributed by atoms with Crippen molar-refractivity contribution in [3.63, 3.8) is 0 Å². The molecule has 0 aliphatic carbocycles. The molecule has 0 heterocycles. The predicted octanol–water partition coefficient (Wildman–Crippen LogP) is 2.40. The molecular formula is C6H12F5NO3S. The molecule has 1 unspecified atom stereocenters. The van der Waals surface area contributed by atoms with E-state index in [4.69, 9.17) is 4.55 Å². The average Bonchev–Trinajstić information content (AvgIpc) is 2.02. The van der Waals surface area contributed by atoms with Crippen LogP contribution in [0.15, 0.2) is 0 Å². The largest absolute Gasteiger partial charge is 0.434 e. The number of hydrogen-bond acceptors (Lipinski definition) is 3. The van der Waals surface area contributed by atoms with Gasteiger partial charge >= 0.3 is 21.3 Å². The van der Waals surface area contributed by atoms with E-state index in [2.05, 4.69) is 0 Å². The Bertz CT molecular complexity index is 318. The van der Waals surface area contributed by atoms with Crippen LogP contribution in [0.4, 0.5) is 22.0 Å². The highest BCUT2D eigenvalue weighted by Crippen LogP contribution is 2.42. The average molecular weight is 273 g/mol. The maximum Gasteiger partial charge on any atom is 0.434 e. The SMILES string of the molecule is CCCC(F)C(F)(F)C(F)(F)S(=O)(=O)O.N. The minimum Gasteiger partial charge on any atom is -0.344 e. The van der Waals surface area contributed by atoms with Crippen LogP contribution in [0.1, 0.15) is 19.8 Å². The maximum atomic E-state index is 12.6. The number of hydrogen-bond donors (Lipinski definition) is 2. The van der Waals surface area contributed by atoms with Crippen LogP contribution in [0.25, 0.3) is 0 Å². The van der Waals surface area contributed by atoms with E-state index in [0.717, 1.165) is 0 Å². The Morgan fingerprint density at radius 3 is 1.88 bits per heavy atom. The van der Waals surface area contributed by atoms with Crippen LogP contribution < -0.4 is 6.15 Å². The summed E-state index contributed by atoms with van der Waals surface area (Å²) in [5.74, 6) is -5.45. The summed E-state index contributed by atoms with van der Waals surface area (Å²) in [4.78, 5) is 0. The summed E-state index contributed by atoms with van der Waals surface area (Å²) in [6.45, 7) is 1.26. The molecule has 0 aliphatic rings. The molecule has 10 heteroatoms. The van der Waals surface area contributed by atoms with Crippen molar-refractivity contribution in [3.05, 3.63) is 0 Å². The fourth-order valence-corrected chi connectivity index (χ4v) is 1.26. The number of halogens is 5. The van der Waals surface area contributed by atoms with Gasteiger partial charge < -0.3 is 6.15 Å². The van der Waals surface area contributed by atoms with Crippen molar-refractivity contribution in [3.8, 4) is 0 Å². The predicted molar refractivity (Wildman–Crippen MR) is 46.3 cm³/mol. The summed E-state index contributed by atoms with van der Waals surface area (Å²) >= 11 is 0. The zero-order valence-electron chi connectivity index (χ0n) is 8.26. The van der Waals surface area contributed by atoms with Crippen molar-refractivity contribution in [2.24, 2.45) is 0 Å². The molecule has 0 rings (SSSR count). The Hall–Kier alpha value is -0.480. The third-order valence-electron chi connectivity index (χ3n) is 1.65. The van der Waals surface area contributed by atoms with Crippen LogP contribution in [-0.4, -0.2) is 30.3 Å². The highest BCUT2D eigenvalue weighted by Gasteiger charge is 2.69. The van der Waals surface area contributed by atoms with Crippen LogP contribution in [-0.2, 0) is 10.1 Å². The minimum atomic E-state index is -6.35. The number of alkyl halides is 5. The van der Waals surface area contributed by atoms with Crippen LogP contribution in [0.2, 0.25) is 0 Å². The first-order chi connectivity index (χ1) is 6.48. The monoisotopic (exact) mass is 273 g/mol. The minimum absolute atomic E-state index is 0. The molecule has 0 radical (unpaired) electrons. The van der Waals surface area contributed by atoms with Crippen LogP contribution in [0.3, 0.4) is 0 Å². The normalized spacial score (nSPS) is 15.4. The van der Waals surface area contributed by atoms with E-state index in [1.807, 2.05) is 0 Å². The smallest absolute Gasteiger partial charge is 0.344 e. The molecule has 0 aromatic heterocycles. The number of rotatable bonds is 5. The van der Waals surface area contributed by atoms with Gasteiger partial charge in [0.15, 0.2) is 6.17 Å². The second kappa shape index (κ2) is 5.23. The summed E-state index contributed by atoms with van der Waals surface area (Å²) < 4.78 is 90.5. The van der Waals surface area contributed by atoms with Gasteiger partial charge in [0.25, 0.3) is 0 Å². The van der Waals surface area contributed by atoms with Gasteiger partial charge in [-0.15, -0.1) is 0 Å². The molecule has 0 aromatic rings. The van der Waals surface area contributed by atoms with Crippen molar-refractivity contribution in [2.45, 2.75) is 37.1 Å². The fourth-order valence-electron chi connectivity index (χ4n) is 0.789. The molecule has 100 valence electrons. The molecule has 0 aliphatic heterocycles. The molecule has 0 spiro atoms. The third-order valence-corrected chi connectivity index (χ3v) is 2.57. The van der Waals surface area contributed by atoms with Crippen molar-refractivity contribution >= 4 is 10.1 Å². The first-order valence-electron chi connectivity index (χ1n) is 3.85. The van der Waals surface area contributed by atoms with Gasteiger partial charge in [0.2, 0.25) is 0 Å². The zero-order chi connectivity index (χ0) is 12.5. The fraction of sp³-hybridized carbons (Fsp3) is 1.00. The molecule has 16 heavy (non-hydrogen) atoms. The van der Waals surface area contributed by atoms with Gasteiger partial charge in [0.05, 0.1) is 0 Å². The molecular weight excluding hydrogens is 261 g/mol. The second-order valence-corrected chi connectivity index (χ2v) is 4.33. The molecule has 0 saturated heterocycles. The molecule has 0 bridgehead atoms. The zero-order valence-corrected chi connectivity index (χ0v) is 9.08. The topological polar surface area (TPSA) is 89.4 Å². The molecule has 4 nitrogen and oxygen atoms in total. The third kappa shape index (κ3) is 3.01. The summed E-state index contributed by atoms with van der Waals surface area (Å²) in [5.41, 5.74) is 0. The Kier molecular flexibility index (Phi) is 5.86. The summed E-state index contributed by atoms with van der Waals surface area (Å²) in [6, 6.07) is 0. The van der Waals surface area contributed by atoms with Gasteiger partial charge in [0.1, 0.15) is 0 Å². The quantitative estimate of drug-likeness (QED) is 0.594. The van der Waals surface area contributed by atoms with Gasteiger partial charge in [-0.3, -0.25) is 4.55 Å². The highest BCUT2D eigenvalue weighted by atomic mass is 32.2. The summed E-state index contributed by atoms with van der Waals surface area (Å²) in [7, 11) is -6.35. The lowest BCUT2D eigenvalue weighted by Gasteiger charge is -2.26. The molecule has 1 atom stereocenters. The lowest BCUT2D eigenvalue weighted by molar-refractivity contribution is -0.198. The van der Waals surface area contributed by atoms with Crippen molar-refractivity contribution in [2.75, 3.05) is 0 Å². The van der Waals surface area contributed by atoms with Crippen molar-refractivity contribution in [1.29, 1.82) is 0 Å². The van der Waals surface area contributed by atoms with E-state index in [1.54, 1.807) is 0 Å². The molecule has 0 saturated carbocycles. The van der Waals surface area contributed by atoms with Crippen LogP contribution >= 0.6 is 0 Å². The first-order valence-corrected chi connectivity index (χ1v) is 5.29. The van der Waals surface area contributed by atoms with E-state index in [1.165, 1.54) is 6.92 Å². The van der Waals surface area contributed by atoms with E-state index in [9.17, 15) is 30.4 Å². The standard InChI is InChI=1S/C6H9F5O3S.H3N/c1-2-3-4(7)5(8,9)6(10,11)15(12,13)14;/h4H,2-3H2,1H3,(H,12,13,14);1H3. The maximum absolute atomic E-state index is 12.6. The Labute approximate surface area is 89.2 Å². The van der Waals surface area contributed by atoms with E-state index in [0.29, 0.717) is 0 Å². The molecule has 0 amide bonds. The first kappa shape index (κ1) is 17.9.